The Morgan fingerprint density at radius 1 is 1.12 bits per heavy atom. The SMILES string of the molecule is CCc1cc(OC)ccc1[S+]([O-])N1CCC(N2CCC(C)CC2)CC1. The van der Waals surface area contributed by atoms with Crippen LogP contribution in [0.4, 0.5) is 0 Å². The van der Waals surface area contributed by atoms with Crippen molar-refractivity contribution in [2.45, 2.75) is 56.9 Å². The van der Waals surface area contributed by atoms with E-state index in [4.69, 9.17) is 4.74 Å². The first-order valence-electron chi connectivity index (χ1n) is 9.70. The highest BCUT2D eigenvalue weighted by Gasteiger charge is 2.33. The lowest BCUT2D eigenvalue weighted by Gasteiger charge is -2.40. The van der Waals surface area contributed by atoms with E-state index < -0.39 is 11.4 Å². The summed E-state index contributed by atoms with van der Waals surface area (Å²) < 4.78 is 20.6. The van der Waals surface area contributed by atoms with Crippen LogP contribution in [0.25, 0.3) is 0 Å². The second-order valence-electron chi connectivity index (χ2n) is 7.46. The minimum Gasteiger partial charge on any atom is -0.593 e. The van der Waals surface area contributed by atoms with Crippen molar-refractivity contribution in [2.75, 3.05) is 33.3 Å². The largest absolute Gasteiger partial charge is 0.593 e. The third-order valence-corrected chi connectivity index (χ3v) is 7.44. The Labute approximate surface area is 155 Å². The summed E-state index contributed by atoms with van der Waals surface area (Å²) in [4.78, 5) is 3.62. The van der Waals surface area contributed by atoms with Crippen molar-refractivity contribution in [3.05, 3.63) is 23.8 Å². The van der Waals surface area contributed by atoms with Crippen molar-refractivity contribution in [3.8, 4) is 5.75 Å². The van der Waals surface area contributed by atoms with Crippen LogP contribution in [0.3, 0.4) is 0 Å². The van der Waals surface area contributed by atoms with Gasteiger partial charge in [0.1, 0.15) is 5.75 Å². The average Bonchev–Trinajstić information content (AvgIpc) is 2.67. The Kier molecular flexibility index (Phi) is 6.67. The average molecular weight is 365 g/mol. The molecule has 1 atom stereocenters. The first-order chi connectivity index (χ1) is 12.1. The van der Waals surface area contributed by atoms with E-state index in [1.165, 1.54) is 25.9 Å². The second-order valence-corrected chi connectivity index (χ2v) is 8.91. The number of nitrogens with zero attached hydrogens (tertiary/aromatic N) is 2. The van der Waals surface area contributed by atoms with Crippen LogP contribution in [-0.4, -0.2) is 53.1 Å². The van der Waals surface area contributed by atoms with Crippen LogP contribution in [0.1, 0.15) is 45.1 Å². The van der Waals surface area contributed by atoms with Crippen molar-refractivity contribution < 1.29 is 9.29 Å². The van der Waals surface area contributed by atoms with Crippen LogP contribution >= 0.6 is 0 Å². The fourth-order valence-electron chi connectivity index (χ4n) is 4.04. The number of benzene rings is 1. The molecule has 0 amide bonds. The molecule has 0 saturated carbocycles. The number of ether oxygens (including phenoxy) is 1. The van der Waals surface area contributed by atoms with E-state index in [9.17, 15) is 4.55 Å². The molecule has 2 fully saturated rings. The van der Waals surface area contributed by atoms with Crippen LogP contribution in [-0.2, 0) is 17.8 Å². The molecule has 0 aliphatic carbocycles. The van der Waals surface area contributed by atoms with E-state index >= 15 is 0 Å². The first-order valence-corrected chi connectivity index (χ1v) is 10.8. The summed E-state index contributed by atoms with van der Waals surface area (Å²) in [5, 5.41) is 0. The van der Waals surface area contributed by atoms with Gasteiger partial charge in [-0.25, -0.2) is 0 Å². The van der Waals surface area contributed by atoms with E-state index in [1.807, 2.05) is 18.2 Å². The molecule has 0 bridgehead atoms. The summed E-state index contributed by atoms with van der Waals surface area (Å²) in [6.45, 7) is 8.82. The monoisotopic (exact) mass is 364 g/mol. The molecule has 0 spiro atoms. The highest BCUT2D eigenvalue weighted by atomic mass is 32.2. The summed E-state index contributed by atoms with van der Waals surface area (Å²) in [5.41, 5.74) is 1.13. The van der Waals surface area contributed by atoms with Gasteiger partial charge in [-0.05, 0) is 69.3 Å². The minimum absolute atomic E-state index is 0.683. The summed E-state index contributed by atoms with van der Waals surface area (Å²) in [6, 6.07) is 6.61. The maximum atomic E-state index is 13.1. The first kappa shape index (κ1) is 19.0. The Hall–Kier alpha value is -0.750. The number of aryl methyl sites for hydroxylation is 1. The van der Waals surface area contributed by atoms with Gasteiger partial charge in [0.05, 0.1) is 18.5 Å². The van der Waals surface area contributed by atoms with Crippen molar-refractivity contribution in [3.63, 3.8) is 0 Å². The molecule has 2 aliphatic rings. The zero-order valence-electron chi connectivity index (χ0n) is 15.9. The normalized spacial score (nSPS) is 22.9. The molecule has 2 heterocycles. The fourth-order valence-corrected chi connectivity index (χ4v) is 5.47. The molecule has 2 aliphatic heterocycles. The van der Waals surface area contributed by atoms with E-state index in [-0.39, 0.29) is 0 Å². The Bertz CT molecular complexity index is 553. The van der Waals surface area contributed by atoms with Crippen molar-refractivity contribution in [1.29, 1.82) is 0 Å². The summed E-state index contributed by atoms with van der Waals surface area (Å²) in [6.07, 6.45) is 5.81. The van der Waals surface area contributed by atoms with Gasteiger partial charge in [0, 0.05) is 24.7 Å². The van der Waals surface area contributed by atoms with E-state index in [0.717, 1.165) is 54.5 Å². The highest BCUT2D eigenvalue weighted by molar-refractivity contribution is 7.89. The summed E-state index contributed by atoms with van der Waals surface area (Å²) in [5.74, 6) is 1.72. The van der Waals surface area contributed by atoms with Gasteiger partial charge in [-0.3, -0.25) is 0 Å². The van der Waals surface area contributed by atoms with Gasteiger partial charge in [0.2, 0.25) is 0 Å². The number of hydrogen-bond acceptors (Lipinski definition) is 4. The predicted molar refractivity (Wildman–Crippen MR) is 103 cm³/mol. The van der Waals surface area contributed by atoms with Crippen LogP contribution in [0.15, 0.2) is 23.1 Å². The van der Waals surface area contributed by atoms with Crippen LogP contribution in [0.5, 0.6) is 5.75 Å². The van der Waals surface area contributed by atoms with Gasteiger partial charge in [0.25, 0.3) is 0 Å². The molecule has 0 N–H and O–H groups in total. The molecular formula is C20H32N2O2S. The third kappa shape index (κ3) is 4.51. The van der Waals surface area contributed by atoms with Gasteiger partial charge in [0.15, 0.2) is 4.90 Å². The molecule has 1 aromatic carbocycles. The summed E-state index contributed by atoms with van der Waals surface area (Å²) in [7, 11) is 1.68. The molecule has 0 radical (unpaired) electrons. The standard InChI is InChI=1S/C20H32N2O2S/c1-4-17-15-19(24-3)5-6-20(17)25(23)22-13-9-18(10-14-22)21-11-7-16(2)8-12-21/h5-6,15-16,18H,4,7-14H2,1-3H3. The molecule has 140 valence electrons. The maximum Gasteiger partial charge on any atom is 0.177 e. The molecule has 2 saturated heterocycles. The molecule has 1 aromatic rings. The topological polar surface area (TPSA) is 38.8 Å². The number of rotatable bonds is 5. The van der Waals surface area contributed by atoms with Gasteiger partial charge in [-0.1, -0.05) is 13.8 Å². The van der Waals surface area contributed by atoms with Gasteiger partial charge in [-0.15, -0.1) is 4.31 Å². The quantitative estimate of drug-likeness (QED) is 0.750. The van der Waals surface area contributed by atoms with Crippen molar-refractivity contribution >= 4 is 11.4 Å². The molecule has 1 unspecified atom stereocenters. The number of hydrogen-bond donors (Lipinski definition) is 0. The number of methoxy groups -OCH3 is 1. The molecule has 5 heteroatoms. The molecular weight excluding hydrogens is 332 g/mol. The lowest BCUT2D eigenvalue weighted by molar-refractivity contribution is 0.101. The Balaban J connectivity index is 1.59. The van der Waals surface area contributed by atoms with Gasteiger partial charge < -0.3 is 14.2 Å². The van der Waals surface area contributed by atoms with Crippen molar-refractivity contribution in [2.24, 2.45) is 5.92 Å². The molecule has 25 heavy (non-hydrogen) atoms. The van der Waals surface area contributed by atoms with Gasteiger partial charge in [-0.2, -0.15) is 0 Å². The van der Waals surface area contributed by atoms with Gasteiger partial charge >= 0.3 is 0 Å². The van der Waals surface area contributed by atoms with Crippen LogP contribution < -0.4 is 4.74 Å². The number of likely N-dealkylation sites (tertiary alicyclic amines) is 1. The highest BCUT2D eigenvalue weighted by Crippen LogP contribution is 2.29. The zero-order valence-corrected chi connectivity index (χ0v) is 16.7. The smallest absolute Gasteiger partial charge is 0.177 e. The molecule has 3 rings (SSSR count). The zero-order chi connectivity index (χ0) is 17.8. The lowest BCUT2D eigenvalue weighted by atomic mass is 9.95. The van der Waals surface area contributed by atoms with E-state index in [2.05, 4.69) is 23.1 Å². The van der Waals surface area contributed by atoms with Crippen LogP contribution in [0.2, 0.25) is 0 Å². The Morgan fingerprint density at radius 3 is 2.40 bits per heavy atom. The number of piperidine rings is 2. The van der Waals surface area contributed by atoms with Crippen LogP contribution in [0, 0.1) is 5.92 Å². The molecule has 0 aromatic heterocycles. The summed E-state index contributed by atoms with van der Waals surface area (Å²) >= 11 is -1.06. The second kappa shape index (κ2) is 8.76. The molecule has 4 nitrogen and oxygen atoms in total. The maximum absolute atomic E-state index is 13.1. The Morgan fingerprint density at radius 2 is 1.80 bits per heavy atom. The predicted octanol–water partition coefficient (Wildman–Crippen LogP) is 3.48. The fraction of sp³-hybridized carbons (Fsp3) is 0.700. The minimum atomic E-state index is -1.06. The van der Waals surface area contributed by atoms with E-state index in [0.29, 0.717) is 6.04 Å². The van der Waals surface area contributed by atoms with E-state index in [1.54, 1.807) is 7.11 Å². The lowest BCUT2D eigenvalue weighted by Crippen LogP contribution is -2.48. The third-order valence-electron chi connectivity index (χ3n) is 5.83. The van der Waals surface area contributed by atoms with Crippen molar-refractivity contribution in [1.82, 2.24) is 9.21 Å².